The first-order valence-corrected chi connectivity index (χ1v) is 22.2. The van der Waals surface area contributed by atoms with Gasteiger partial charge in [-0.05, 0) is 111 Å². The van der Waals surface area contributed by atoms with Gasteiger partial charge in [0, 0.05) is 53.1 Å². The van der Waals surface area contributed by atoms with Crippen molar-refractivity contribution in [2.45, 2.75) is 19.3 Å². The highest BCUT2D eigenvalue weighted by Gasteiger charge is 2.22. The summed E-state index contributed by atoms with van der Waals surface area (Å²) in [6.45, 7) is 2.33. The summed E-state index contributed by atoms with van der Waals surface area (Å²) in [6.07, 6.45) is 5.73. The monoisotopic (exact) mass is 810 g/mol. The predicted molar refractivity (Wildman–Crippen MR) is 262 cm³/mol. The second-order valence-electron chi connectivity index (χ2n) is 16.7. The molecule has 4 aromatic heterocycles. The molecule has 8 aromatic carbocycles. The first-order chi connectivity index (χ1) is 30.6. The summed E-state index contributed by atoms with van der Waals surface area (Å²) in [5.41, 5.74) is 16.1. The summed E-state index contributed by atoms with van der Waals surface area (Å²) in [7, 11) is 0. The fraction of sp³-hybridized carbons (Fsp3) is 0.0526. The molecular weight excluding hydrogens is 773 g/mol. The smallest absolute Gasteiger partial charge is 0.235 e. The number of nitrogens with one attached hydrogen (secondary N) is 1. The van der Waals surface area contributed by atoms with Crippen molar-refractivity contribution in [1.82, 2.24) is 19.5 Å². The van der Waals surface area contributed by atoms with Crippen LogP contribution in [0.3, 0.4) is 0 Å². The van der Waals surface area contributed by atoms with Gasteiger partial charge in [0.1, 0.15) is 0 Å². The molecule has 0 aliphatic heterocycles. The van der Waals surface area contributed by atoms with Crippen molar-refractivity contribution in [1.29, 1.82) is 0 Å². The summed E-state index contributed by atoms with van der Waals surface area (Å²) >= 11 is 1.81. The van der Waals surface area contributed by atoms with Gasteiger partial charge in [-0.1, -0.05) is 140 Å². The molecule has 292 valence electrons. The molecule has 4 nitrogen and oxygen atoms in total. The van der Waals surface area contributed by atoms with Crippen LogP contribution in [0.4, 0.5) is 0 Å². The van der Waals surface area contributed by atoms with Gasteiger partial charge >= 0.3 is 0 Å². The number of H-pyrrole nitrogens is 1. The molecule has 0 spiro atoms. The Balaban J connectivity index is 1.05. The lowest BCUT2D eigenvalue weighted by atomic mass is 9.86. The molecule has 0 radical (unpaired) electrons. The zero-order valence-electron chi connectivity index (χ0n) is 33.9. The van der Waals surface area contributed by atoms with Crippen LogP contribution >= 0.6 is 11.3 Å². The summed E-state index contributed by atoms with van der Waals surface area (Å²) in [5, 5.41) is 7.18. The number of hydrogen-bond acceptors (Lipinski definition) is 3. The number of hydrogen-bond donors (Lipinski definition) is 1. The van der Waals surface area contributed by atoms with Crippen LogP contribution < -0.4 is 0 Å². The van der Waals surface area contributed by atoms with Gasteiger partial charge in [0.25, 0.3) is 0 Å². The van der Waals surface area contributed by atoms with E-state index < -0.39 is 0 Å². The molecule has 1 aliphatic rings. The highest BCUT2D eigenvalue weighted by atomic mass is 32.1. The normalized spacial score (nSPS) is 13.9. The third-order valence-electron chi connectivity index (χ3n) is 13.0. The minimum atomic E-state index is 0.507. The average molecular weight is 811 g/mol. The average Bonchev–Trinajstić information content (AvgIpc) is 4.04. The number of thiophene rings is 1. The van der Waals surface area contributed by atoms with Gasteiger partial charge in [-0.3, -0.25) is 4.57 Å². The maximum Gasteiger partial charge on any atom is 0.235 e. The molecule has 0 amide bonds. The van der Waals surface area contributed by atoms with Crippen molar-refractivity contribution in [3.63, 3.8) is 0 Å². The Hall–Kier alpha value is -7.60. The van der Waals surface area contributed by atoms with E-state index in [-0.39, 0.29) is 0 Å². The first-order valence-electron chi connectivity index (χ1n) is 21.4. The van der Waals surface area contributed by atoms with Gasteiger partial charge in [0.2, 0.25) is 5.95 Å². The predicted octanol–water partition coefficient (Wildman–Crippen LogP) is 15.8. The molecule has 13 rings (SSSR count). The zero-order valence-corrected chi connectivity index (χ0v) is 34.7. The molecule has 62 heavy (non-hydrogen) atoms. The van der Waals surface area contributed by atoms with Gasteiger partial charge in [0.15, 0.2) is 0 Å². The molecule has 0 bridgehead atoms. The van der Waals surface area contributed by atoms with Crippen LogP contribution in [0.2, 0.25) is 0 Å². The number of aromatic nitrogens is 4. The standard InChI is InChI=1S/C57H38N4S/c1-34-12-11-19-43-42(34)24-27-48-53(43)46-32-39(20-25-47(46)58-48)40-23-29-51-45(31-40)44-30-38(35-13-5-2-6-14-35)22-28-50(44)61(51)57-59-49-26-21-41-33-52(36-15-7-3-8-16-36)62-56(41)54(49)55(60-57)37-17-9-4-10-18-37/h2-11,13-34,58H,12H2,1H3. The molecular formula is C57H38N4S. The van der Waals surface area contributed by atoms with Crippen molar-refractivity contribution in [2.75, 3.05) is 0 Å². The van der Waals surface area contributed by atoms with Crippen molar-refractivity contribution >= 4 is 82.0 Å². The molecule has 5 heteroatoms. The number of rotatable bonds is 5. The summed E-state index contributed by atoms with van der Waals surface area (Å²) in [4.78, 5) is 15.9. The van der Waals surface area contributed by atoms with E-state index in [0.29, 0.717) is 11.9 Å². The second-order valence-corrected chi connectivity index (χ2v) is 17.7. The Morgan fingerprint density at radius 2 is 1.18 bits per heavy atom. The van der Waals surface area contributed by atoms with E-state index in [4.69, 9.17) is 9.97 Å². The lowest BCUT2D eigenvalue weighted by Crippen LogP contribution is -2.03. The van der Waals surface area contributed by atoms with Crippen LogP contribution in [0.15, 0.2) is 182 Å². The summed E-state index contributed by atoms with van der Waals surface area (Å²) in [5.74, 6) is 1.16. The molecule has 0 saturated carbocycles. The zero-order chi connectivity index (χ0) is 40.9. The summed E-state index contributed by atoms with van der Waals surface area (Å²) < 4.78 is 3.47. The van der Waals surface area contributed by atoms with Gasteiger partial charge in [-0.15, -0.1) is 11.3 Å². The van der Waals surface area contributed by atoms with E-state index in [2.05, 4.69) is 205 Å². The van der Waals surface area contributed by atoms with E-state index in [0.717, 1.165) is 55.9 Å². The van der Waals surface area contributed by atoms with Crippen LogP contribution in [0.25, 0.3) is 121 Å². The molecule has 12 aromatic rings. The van der Waals surface area contributed by atoms with Gasteiger partial charge in [-0.25, -0.2) is 9.97 Å². The van der Waals surface area contributed by atoms with Crippen LogP contribution in [-0.4, -0.2) is 19.5 Å². The third-order valence-corrected chi connectivity index (χ3v) is 14.2. The lowest BCUT2D eigenvalue weighted by molar-refractivity contribution is 0.773. The van der Waals surface area contributed by atoms with Crippen molar-refractivity contribution < 1.29 is 0 Å². The fourth-order valence-corrected chi connectivity index (χ4v) is 11.1. The highest BCUT2D eigenvalue weighted by Crippen LogP contribution is 2.44. The van der Waals surface area contributed by atoms with E-state index in [1.165, 1.54) is 70.2 Å². The van der Waals surface area contributed by atoms with Gasteiger partial charge in [-0.2, -0.15) is 0 Å². The molecule has 1 atom stereocenters. The van der Waals surface area contributed by atoms with Crippen molar-refractivity contribution in [2.24, 2.45) is 0 Å². The van der Waals surface area contributed by atoms with Gasteiger partial charge < -0.3 is 4.98 Å². The molecule has 4 heterocycles. The van der Waals surface area contributed by atoms with Crippen molar-refractivity contribution in [3.05, 3.63) is 193 Å². The number of fused-ring (bicyclic) bond motifs is 11. The molecule has 1 N–H and O–H groups in total. The number of nitrogens with zero attached hydrogens (tertiary/aromatic N) is 3. The first kappa shape index (κ1) is 35.2. The quantitative estimate of drug-likeness (QED) is 0.188. The highest BCUT2D eigenvalue weighted by molar-refractivity contribution is 7.23. The Morgan fingerprint density at radius 1 is 0.548 bits per heavy atom. The molecule has 0 saturated heterocycles. The number of benzene rings is 8. The Bertz CT molecular complexity index is 3780. The van der Waals surface area contributed by atoms with Crippen LogP contribution in [0.5, 0.6) is 0 Å². The van der Waals surface area contributed by atoms with E-state index in [9.17, 15) is 0 Å². The molecule has 1 aliphatic carbocycles. The fourth-order valence-electron chi connectivity index (χ4n) is 9.92. The maximum absolute atomic E-state index is 5.55. The Labute approximate surface area is 362 Å². The number of aromatic amines is 1. The maximum atomic E-state index is 5.55. The lowest BCUT2D eigenvalue weighted by Gasteiger charge is -2.18. The second kappa shape index (κ2) is 13.7. The van der Waals surface area contributed by atoms with Crippen LogP contribution in [-0.2, 0) is 0 Å². The number of allylic oxidation sites excluding steroid dienone is 1. The van der Waals surface area contributed by atoms with Gasteiger partial charge in [0.05, 0.1) is 22.2 Å². The minimum absolute atomic E-state index is 0.507. The van der Waals surface area contributed by atoms with Crippen LogP contribution in [0, 0.1) is 0 Å². The topological polar surface area (TPSA) is 46.5 Å². The molecule has 1 unspecified atom stereocenters. The Kier molecular flexibility index (Phi) is 7.78. The van der Waals surface area contributed by atoms with Crippen molar-refractivity contribution in [3.8, 4) is 49.9 Å². The third kappa shape index (κ3) is 5.45. The van der Waals surface area contributed by atoms with E-state index in [1.807, 2.05) is 11.3 Å². The molecule has 0 fully saturated rings. The van der Waals surface area contributed by atoms with Crippen LogP contribution in [0.1, 0.15) is 30.4 Å². The SMILES string of the molecule is CC1CC=Cc2c1ccc1[nH]c3ccc(-c4ccc5c(c4)c4cc(-c6ccccc6)ccc4n5-c4nc(-c5ccccc5)c5c(ccc6cc(-c7ccccc7)sc65)n4)cc3c21. The summed E-state index contributed by atoms with van der Waals surface area (Å²) in [6, 6.07) is 63.8. The largest absolute Gasteiger partial charge is 0.354 e. The van der Waals surface area contributed by atoms with E-state index in [1.54, 1.807) is 0 Å². The minimum Gasteiger partial charge on any atom is -0.354 e. The Morgan fingerprint density at radius 3 is 1.90 bits per heavy atom. The van der Waals surface area contributed by atoms with E-state index >= 15 is 0 Å².